The number of halogens is 1. The van der Waals surface area contributed by atoms with Gasteiger partial charge in [-0.3, -0.25) is 4.79 Å². The number of nitrogens with one attached hydrogen (secondary N) is 1. The topological polar surface area (TPSA) is 75.4 Å². The molecular formula is C15H15FN2O2. The largest absolute Gasteiger partial charge is 0.508 e. The third-order valence-corrected chi connectivity index (χ3v) is 2.98. The van der Waals surface area contributed by atoms with Crippen molar-refractivity contribution in [2.24, 2.45) is 0 Å². The van der Waals surface area contributed by atoms with Gasteiger partial charge in [0.15, 0.2) is 0 Å². The second kappa shape index (κ2) is 5.61. The highest BCUT2D eigenvalue weighted by molar-refractivity contribution is 5.99. The monoisotopic (exact) mass is 274 g/mol. The standard InChI is InChI=1S/C15H15FN2O2/c1-9(10-3-2-4-12(19)7-10)18-15(20)13-8-11(16)5-6-14(13)17/h2-9,19H,17H2,1H3,(H,18,20). The van der Waals surface area contributed by atoms with E-state index in [1.165, 1.54) is 12.1 Å². The Morgan fingerprint density at radius 1 is 1.30 bits per heavy atom. The van der Waals surface area contributed by atoms with Crippen LogP contribution in [0.25, 0.3) is 0 Å². The van der Waals surface area contributed by atoms with E-state index in [2.05, 4.69) is 5.32 Å². The summed E-state index contributed by atoms with van der Waals surface area (Å²) in [7, 11) is 0. The Labute approximate surface area is 116 Å². The number of anilines is 1. The van der Waals surface area contributed by atoms with Crippen LogP contribution in [0.5, 0.6) is 5.75 Å². The number of amides is 1. The number of carbonyl (C=O) groups is 1. The summed E-state index contributed by atoms with van der Waals surface area (Å²) in [6, 6.07) is 9.87. The number of rotatable bonds is 3. The van der Waals surface area contributed by atoms with Crippen LogP contribution >= 0.6 is 0 Å². The number of hydrogen-bond donors (Lipinski definition) is 3. The first-order valence-electron chi connectivity index (χ1n) is 6.12. The molecule has 0 saturated carbocycles. The molecule has 2 aromatic carbocycles. The molecule has 104 valence electrons. The van der Waals surface area contributed by atoms with E-state index in [1.807, 2.05) is 0 Å². The molecule has 0 fully saturated rings. The van der Waals surface area contributed by atoms with Crippen LogP contribution in [0.1, 0.15) is 28.9 Å². The van der Waals surface area contributed by atoms with E-state index in [4.69, 9.17) is 5.73 Å². The molecule has 0 aliphatic heterocycles. The molecule has 0 aromatic heterocycles. The van der Waals surface area contributed by atoms with Crippen LogP contribution in [-0.2, 0) is 0 Å². The van der Waals surface area contributed by atoms with Crippen LogP contribution < -0.4 is 11.1 Å². The summed E-state index contributed by atoms with van der Waals surface area (Å²) in [5, 5.41) is 12.1. The summed E-state index contributed by atoms with van der Waals surface area (Å²) in [4.78, 5) is 12.1. The Hall–Kier alpha value is -2.56. The molecule has 0 aliphatic carbocycles. The van der Waals surface area contributed by atoms with Crippen molar-refractivity contribution in [2.75, 3.05) is 5.73 Å². The van der Waals surface area contributed by atoms with Crippen LogP contribution in [0.15, 0.2) is 42.5 Å². The van der Waals surface area contributed by atoms with Crippen molar-refractivity contribution in [3.63, 3.8) is 0 Å². The summed E-state index contributed by atoms with van der Waals surface area (Å²) in [5.41, 5.74) is 6.71. The summed E-state index contributed by atoms with van der Waals surface area (Å²) in [6.07, 6.45) is 0. The minimum absolute atomic E-state index is 0.0944. The number of nitrogens with two attached hydrogens (primary N) is 1. The van der Waals surface area contributed by atoms with Crippen molar-refractivity contribution in [3.05, 3.63) is 59.4 Å². The predicted octanol–water partition coefficient (Wildman–Crippen LogP) is 2.60. The normalized spacial score (nSPS) is 11.9. The second-order valence-corrected chi connectivity index (χ2v) is 4.52. The number of phenols is 1. The molecule has 0 radical (unpaired) electrons. The molecular weight excluding hydrogens is 259 g/mol. The summed E-state index contributed by atoms with van der Waals surface area (Å²) in [5.74, 6) is -0.860. The van der Waals surface area contributed by atoms with E-state index in [0.717, 1.165) is 11.6 Å². The molecule has 0 bridgehead atoms. The zero-order valence-corrected chi connectivity index (χ0v) is 10.9. The number of nitrogen functional groups attached to an aromatic ring is 1. The fourth-order valence-electron chi connectivity index (χ4n) is 1.88. The number of phenolic OH excluding ortho intramolecular Hbond substituents is 1. The summed E-state index contributed by atoms with van der Waals surface area (Å²) in [6.45, 7) is 1.77. The quantitative estimate of drug-likeness (QED) is 0.753. The summed E-state index contributed by atoms with van der Waals surface area (Å²) >= 11 is 0. The third-order valence-electron chi connectivity index (χ3n) is 2.98. The van der Waals surface area contributed by atoms with Gasteiger partial charge in [0.2, 0.25) is 0 Å². The Kier molecular flexibility index (Phi) is 3.89. The molecule has 0 aliphatic rings. The van der Waals surface area contributed by atoms with E-state index in [1.54, 1.807) is 31.2 Å². The molecule has 1 amide bonds. The first-order chi connectivity index (χ1) is 9.47. The van der Waals surface area contributed by atoms with E-state index in [9.17, 15) is 14.3 Å². The predicted molar refractivity (Wildman–Crippen MR) is 74.8 cm³/mol. The van der Waals surface area contributed by atoms with Crippen molar-refractivity contribution in [1.82, 2.24) is 5.32 Å². The number of carbonyl (C=O) groups excluding carboxylic acids is 1. The molecule has 1 unspecified atom stereocenters. The van der Waals surface area contributed by atoms with E-state index in [0.29, 0.717) is 0 Å². The first kappa shape index (κ1) is 13.9. The van der Waals surface area contributed by atoms with Gasteiger partial charge in [0, 0.05) is 5.69 Å². The lowest BCUT2D eigenvalue weighted by Gasteiger charge is -2.15. The number of hydrogen-bond acceptors (Lipinski definition) is 3. The Balaban J connectivity index is 2.17. The van der Waals surface area contributed by atoms with Gasteiger partial charge in [0.1, 0.15) is 11.6 Å². The average molecular weight is 274 g/mol. The van der Waals surface area contributed by atoms with Gasteiger partial charge in [0.25, 0.3) is 5.91 Å². The highest BCUT2D eigenvalue weighted by atomic mass is 19.1. The lowest BCUT2D eigenvalue weighted by molar-refractivity contribution is 0.0940. The zero-order chi connectivity index (χ0) is 14.7. The molecule has 2 aromatic rings. The molecule has 20 heavy (non-hydrogen) atoms. The van der Waals surface area contributed by atoms with Crippen LogP contribution in [0.3, 0.4) is 0 Å². The SMILES string of the molecule is CC(NC(=O)c1cc(F)ccc1N)c1cccc(O)c1. The molecule has 4 N–H and O–H groups in total. The molecule has 1 atom stereocenters. The lowest BCUT2D eigenvalue weighted by Crippen LogP contribution is -2.27. The second-order valence-electron chi connectivity index (χ2n) is 4.52. The maximum Gasteiger partial charge on any atom is 0.253 e. The van der Waals surface area contributed by atoms with Crippen LogP contribution in [0.4, 0.5) is 10.1 Å². The smallest absolute Gasteiger partial charge is 0.253 e. The fraction of sp³-hybridized carbons (Fsp3) is 0.133. The minimum Gasteiger partial charge on any atom is -0.508 e. The van der Waals surface area contributed by atoms with Gasteiger partial charge in [0.05, 0.1) is 11.6 Å². The van der Waals surface area contributed by atoms with Crippen molar-refractivity contribution in [2.45, 2.75) is 13.0 Å². The van der Waals surface area contributed by atoms with Crippen molar-refractivity contribution < 1.29 is 14.3 Å². The zero-order valence-electron chi connectivity index (χ0n) is 10.9. The highest BCUT2D eigenvalue weighted by Gasteiger charge is 2.14. The maximum atomic E-state index is 13.2. The highest BCUT2D eigenvalue weighted by Crippen LogP contribution is 2.19. The molecule has 4 nitrogen and oxygen atoms in total. The average Bonchev–Trinajstić information content (AvgIpc) is 2.41. The van der Waals surface area contributed by atoms with Gasteiger partial charge in [-0.2, -0.15) is 0 Å². The van der Waals surface area contributed by atoms with Gasteiger partial charge in [-0.05, 0) is 42.8 Å². The van der Waals surface area contributed by atoms with Gasteiger partial charge in [-0.15, -0.1) is 0 Å². The molecule has 5 heteroatoms. The van der Waals surface area contributed by atoms with Gasteiger partial charge in [-0.25, -0.2) is 4.39 Å². The van der Waals surface area contributed by atoms with Crippen molar-refractivity contribution in [1.29, 1.82) is 0 Å². The Morgan fingerprint density at radius 3 is 2.75 bits per heavy atom. The molecule has 0 spiro atoms. The molecule has 0 heterocycles. The van der Waals surface area contributed by atoms with Crippen LogP contribution in [0.2, 0.25) is 0 Å². The van der Waals surface area contributed by atoms with E-state index in [-0.39, 0.29) is 23.0 Å². The summed E-state index contributed by atoms with van der Waals surface area (Å²) < 4.78 is 13.2. The first-order valence-corrected chi connectivity index (χ1v) is 6.12. The van der Waals surface area contributed by atoms with Crippen molar-refractivity contribution in [3.8, 4) is 5.75 Å². The molecule has 2 rings (SSSR count). The number of benzene rings is 2. The third kappa shape index (κ3) is 3.06. The van der Waals surface area contributed by atoms with Gasteiger partial charge < -0.3 is 16.2 Å². The van der Waals surface area contributed by atoms with Crippen LogP contribution in [0, 0.1) is 5.82 Å². The number of aromatic hydroxyl groups is 1. The van der Waals surface area contributed by atoms with E-state index >= 15 is 0 Å². The van der Waals surface area contributed by atoms with E-state index < -0.39 is 11.7 Å². The minimum atomic E-state index is -0.519. The maximum absolute atomic E-state index is 13.2. The van der Waals surface area contributed by atoms with Crippen LogP contribution in [-0.4, -0.2) is 11.0 Å². The van der Waals surface area contributed by atoms with Gasteiger partial charge >= 0.3 is 0 Å². The Morgan fingerprint density at radius 2 is 2.05 bits per heavy atom. The van der Waals surface area contributed by atoms with Crippen molar-refractivity contribution >= 4 is 11.6 Å². The fourth-order valence-corrected chi connectivity index (χ4v) is 1.88. The van der Waals surface area contributed by atoms with Gasteiger partial charge in [-0.1, -0.05) is 12.1 Å². The lowest BCUT2D eigenvalue weighted by atomic mass is 10.1. The Bertz CT molecular complexity index is 644. The molecule has 0 saturated heterocycles.